The summed E-state index contributed by atoms with van der Waals surface area (Å²) in [4.78, 5) is 26.4. The van der Waals surface area contributed by atoms with Gasteiger partial charge in [0.15, 0.2) is 0 Å². The molecule has 0 aromatic heterocycles. The lowest BCUT2D eigenvalue weighted by atomic mass is 9.69. The maximum absolute atomic E-state index is 12.7. The standard InChI is InChI=1S/C19H32N2O3/c1-5-24-16(22)13-7-10-21(11-8-13)17(23)20-15-12-14-6-9-19(15,4)18(14,2)3/h13-15H,5-12H2,1-4H3,(H,20,23). The molecule has 3 unspecified atom stereocenters. The molecule has 5 heteroatoms. The van der Waals surface area contributed by atoms with Gasteiger partial charge in [-0.1, -0.05) is 20.8 Å². The molecule has 3 fully saturated rings. The van der Waals surface area contributed by atoms with Gasteiger partial charge in [-0.05, 0) is 55.8 Å². The van der Waals surface area contributed by atoms with Gasteiger partial charge < -0.3 is 15.0 Å². The highest BCUT2D eigenvalue weighted by Gasteiger charge is 2.61. The Labute approximate surface area is 145 Å². The molecule has 1 aliphatic heterocycles. The van der Waals surface area contributed by atoms with Crippen molar-refractivity contribution in [1.82, 2.24) is 10.2 Å². The Morgan fingerprint density at radius 2 is 1.83 bits per heavy atom. The summed E-state index contributed by atoms with van der Waals surface area (Å²) >= 11 is 0. The number of carbonyl (C=O) groups excluding carboxylic acids is 2. The van der Waals surface area contributed by atoms with Crippen molar-refractivity contribution in [1.29, 1.82) is 0 Å². The van der Waals surface area contributed by atoms with Gasteiger partial charge in [-0.3, -0.25) is 4.79 Å². The Balaban J connectivity index is 1.53. The van der Waals surface area contributed by atoms with E-state index >= 15 is 0 Å². The Bertz CT molecular complexity index is 511. The number of urea groups is 1. The van der Waals surface area contributed by atoms with E-state index in [0.29, 0.717) is 38.0 Å². The van der Waals surface area contributed by atoms with Crippen LogP contribution in [0, 0.1) is 22.7 Å². The molecular formula is C19H32N2O3. The Hall–Kier alpha value is -1.26. The number of esters is 1. The molecule has 0 aromatic rings. The third-order valence-electron chi connectivity index (χ3n) is 7.49. The molecule has 5 nitrogen and oxygen atoms in total. The molecular weight excluding hydrogens is 304 g/mol. The maximum Gasteiger partial charge on any atom is 0.317 e. The van der Waals surface area contributed by atoms with Gasteiger partial charge in [-0.15, -0.1) is 0 Å². The summed E-state index contributed by atoms with van der Waals surface area (Å²) in [5.41, 5.74) is 0.512. The van der Waals surface area contributed by atoms with E-state index in [4.69, 9.17) is 4.74 Å². The van der Waals surface area contributed by atoms with Crippen LogP contribution in [0.2, 0.25) is 0 Å². The average Bonchev–Trinajstić information content (AvgIpc) is 2.88. The van der Waals surface area contributed by atoms with Gasteiger partial charge in [0.25, 0.3) is 0 Å². The van der Waals surface area contributed by atoms with Crippen LogP contribution in [-0.4, -0.2) is 42.6 Å². The number of fused-ring (bicyclic) bond motifs is 2. The first-order valence-electron chi connectivity index (χ1n) is 9.51. The largest absolute Gasteiger partial charge is 0.466 e. The summed E-state index contributed by atoms with van der Waals surface area (Å²) in [5.74, 6) is 0.565. The molecule has 0 aromatic carbocycles. The number of rotatable bonds is 3. The zero-order valence-electron chi connectivity index (χ0n) is 15.6. The molecule has 3 rings (SSSR count). The van der Waals surface area contributed by atoms with Gasteiger partial charge in [-0.25, -0.2) is 4.79 Å². The van der Waals surface area contributed by atoms with Crippen molar-refractivity contribution in [2.45, 2.75) is 65.8 Å². The highest BCUT2D eigenvalue weighted by molar-refractivity contribution is 5.76. The molecule has 24 heavy (non-hydrogen) atoms. The minimum Gasteiger partial charge on any atom is -0.466 e. The van der Waals surface area contributed by atoms with E-state index in [-0.39, 0.29) is 29.4 Å². The summed E-state index contributed by atoms with van der Waals surface area (Å²) in [6.45, 7) is 10.6. The Kier molecular flexibility index (Phi) is 4.56. The van der Waals surface area contributed by atoms with Gasteiger partial charge in [0, 0.05) is 19.1 Å². The molecule has 1 heterocycles. The zero-order chi connectivity index (χ0) is 17.5. The molecule has 2 amide bonds. The second-order valence-electron chi connectivity index (χ2n) is 8.63. The van der Waals surface area contributed by atoms with Crippen molar-refractivity contribution < 1.29 is 14.3 Å². The number of nitrogens with one attached hydrogen (secondary N) is 1. The normalized spacial score (nSPS) is 35.1. The molecule has 136 valence electrons. The van der Waals surface area contributed by atoms with Gasteiger partial charge >= 0.3 is 12.0 Å². The summed E-state index contributed by atoms with van der Waals surface area (Å²) in [7, 11) is 0. The summed E-state index contributed by atoms with van der Waals surface area (Å²) in [5, 5.41) is 3.32. The lowest BCUT2D eigenvalue weighted by molar-refractivity contribution is -0.149. The SMILES string of the molecule is CCOC(=O)C1CCN(C(=O)NC2CC3CCC2(C)C3(C)C)CC1. The Morgan fingerprint density at radius 3 is 2.33 bits per heavy atom. The van der Waals surface area contributed by atoms with Crippen molar-refractivity contribution in [2.24, 2.45) is 22.7 Å². The van der Waals surface area contributed by atoms with Crippen LogP contribution in [0.25, 0.3) is 0 Å². The lowest BCUT2D eigenvalue weighted by Crippen LogP contribution is -2.53. The van der Waals surface area contributed by atoms with Crippen LogP contribution >= 0.6 is 0 Å². The quantitative estimate of drug-likeness (QED) is 0.805. The van der Waals surface area contributed by atoms with E-state index in [1.165, 1.54) is 12.8 Å². The Morgan fingerprint density at radius 1 is 1.17 bits per heavy atom. The predicted molar refractivity (Wildman–Crippen MR) is 92.5 cm³/mol. The van der Waals surface area contributed by atoms with E-state index in [1.54, 1.807) is 0 Å². The number of carbonyl (C=O) groups is 2. The lowest BCUT2D eigenvalue weighted by Gasteiger charge is -2.40. The molecule has 1 saturated heterocycles. The van der Waals surface area contributed by atoms with Crippen molar-refractivity contribution in [3.8, 4) is 0 Å². The van der Waals surface area contributed by atoms with E-state index < -0.39 is 0 Å². The first-order valence-corrected chi connectivity index (χ1v) is 9.51. The first-order chi connectivity index (χ1) is 11.3. The van der Waals surface area contributed by atoms with Crippen LogP contribution in [0.4, 0.5) is 4.79 Å². The second kappa shape index (κ2) is 6.23. The number of likely N-dealkylation sites (tertiary alicyclic amines) is 1. The fourth-order valence-corrected chi connectivity index (χ4v) is 5.24. The third-order valence-corrected chi connectivity index (χ3v) is 7.49. The summed E-state index contributed by atoms with van der Waals surface area (Å²) in [6.07, 6.45) is 5.03. The van der Waals surface area contributed by atoms with Gasteiger partial charge in [0.05, 0.1) is 12.5 Å². The van der Waals surface area contributed by atoms with E-state index in [0.717, 1.165) is 12.3 Å². The molecule has 2 saturated carbocycles. The van der Waals surface area contributed by atoms with Gasteiger partial charge in [-0.2, -0.15) is 0 Å². The van der Waals surface area contributed by atoms with Crippen molar-refractivity contribution >= 4 is 12.0 Å². The van der Waals surface area contributed by atoms with Crippen LogP contribution in [0.3, 0.4) is 0 Å². The molecule has 0 radical (unpaired) electrons. The van der Waals surface area contributed by atoms with Crippen LogP contribution in [0.15, 0.2) is 0 Å². The van der Waals surface area contributed by atoms with Gasteiger partial charge in [0.1, 0.15) is 0 Å². The van der Waals surface area contributed by atoms with Crippen LogP contribution in [0.5, 0.6) is 0 Å². The monoisotopic (exact) mass is 336 g/mol. The molecule has 3 aliphatic rings. The van der Waals surface area contributed by atoms with Crippen LogP contribution in [0.1, 0.15) is 59.8 Å². The second-order valence-corrected chi connectivity index (χ2v) is 8.63. The zero-order valence-corrected chi connectivity index (χ0v) is 15.6. The summed E-state index contributed by atoms with van der Waals surface area (Å²) in [6, 6.07) is 0.327. The number of hydrogen-bond acceptors (Lipinski definition) is 3. The van der Waals surface area contributed by atoms with E-state index in [2.05, 4.69) is 26.1 Å². The van der Waals surface area contributed by atoms with E-state index in [1.807, 2.05) is 11.8 Å². The number of piperidine rings is 1. The number of hydrogen-bond donors (Lipinski definition) is 1. The fourth-order valence-electron chi connectivity index (χ4n) is 5.24. The number of amides is 2. The van der Waals surface area contributed by atoms with Crippen LogP contribution < -0.4 is 5.32 Å². The molecule has 3 atom stereocenters. The molecule has 2 bridgehead atoms. The highest BCUT2D eigenvalue weighted by Crippen LogP contribution is 2.65. The topological polar surface area (TPSA) is 58.6 Å². The third kappa shape index (κ3) is 2.70. The molecule has 2 aliphatic carbocycles. The maximum atomic E-state index is 12.7. The summed E-state index contributed by atoms with van der Waals surface area (Å²) < 4.78 is 5.10. The smallest absolute Gasteiger partial charge is 0.317 e. The van der Waals surface area contributed by atoms with Crippen molar-refractivity contribution in [3.63, 3.8) is 0 Å². The molecule has 0 spiro atoms. The van der Waals surface area contributed by atoms with E-state index in [9.17, 15) is 9.59 Å². The molecule has 1 N–H and O–H groups in total. The first kappa shape index (κ1) is 17.6. The highest BCUT2D eigenvalue weighted by atomic mass is 16.5. The van der Waals surface area contributed by atoms with Crippen molar-refractivity contribution in [3.05, 3.63) is 0 Å². The number of nitrogens with zero attached hydrogens (tertiary/aromatic N) is 1. The number of ether oxygens (including phenoxy) is 1. The minimum absolute atomic E-state index is 0.0480. The van der Waals surface area contributed by atoms with Crippen molar-refractivity contribution in [2.75, 3.05) is 19.7 Å². The minimum atomic E-state index is -0.111. The van der Waals surface area contributed by atoms with Gasteiger partial charge in [0.2, 0.25) is 0 Å². The average molecular weight is 336 g/mol. The predicted octanol–water partition coefficient (Wildman–Crippen LogP) is 3.19. The fraction of sp³-hybridized carbons (Fsp3) is 0.895. The van der Waals surface area contributed by atoms with Crippen LogP contribution in [-0.2, 0) is 9.53 Å².